The van der Waals surface area contributed by atoms with Crippen LogP contribution in [0.3, 0.4) is 0 Å². The number of H-pyrrole nitrogens is 1. The number of hydrogen-bond acceptors (Lipinski definition) is 3. The maximum Gasteiger partial charge on any atom is 0.449 e. The van der Waals surface area contributed by atoms with Gasteiger partial charge < -0.3 is 4.98 Å². The summed E-state index contributed by atoms with van der Waals surface area (Å²) in [5.74, 6) is -1.28. The van der Waals surface area contributed by atoms with Gasteiger partial charge in [0.1, 0.15) is 5.69 Å². The van der Waals surface area contributed by atoms with Crippen LogP contribution in [0.25, 0.3) is 16.7 Å². The Hall–Kier alpha value is -3.05. The average Bonchev–Trinajstić information content (AvgIpc) is 2.93. The van der Waals surface area contributed by atoms with E-state index in [1.165, 1.54) is 0 Å². The monoisotopic (exact) mass is 378 g/mol. The molecule has 2 aromatic heterocycles. The van der Waals surface area contributed by atoms with E-state index in [1.807, 2.05) is 4.98 Å². The molecule has 0 aliphatic heterocycles. The summed E-state index contributed by atoms with van der Waals surface area (Å²) in [6.07, 6.45) is -9.65. The molecule has 0 saturated heterocycles. The molecule has 3 aromatic rings. The molecule has 0 radical (unpaired) electrons. The van der Waals surface area contributed by atoms with Crippen molar-refractivity contribution in [1.29, 1.82) is 0 Å². The van der Waals surface area contributed by atoms with E-state index in [4.69, 9.17) is 0 Å². The van der Waals surface area contributed by atoms with Crippen LogP contribution in [0.1, 0.15) is 11.5 Å². The Morgan fingerprint density at radius 3 is 2.23 bits per heavy atom. The van der Waals surface area contributed by atoms with E-state index < -0.39 is 35.1 Å². The van der Waals surface area contributed by atoms with Gasteiger partial charge in [0.05, 0.1) is 16.7 Å². The van der Waals surface area contributed by atoms with Gasteiger partial charge in [0.15, 0.2) is 0 Å². The molecule has 0 aliphatic rings. The summed E-state index contributed by atoms with van der Waals surface area (Å²) in [7, 11) is 0.829. The van der Waals surface area contributed by atoms with Crippen LogP contribution in [-0.4, -0.2) is 19.1 Å². The highest BCUT2D eigenvalue weighted by Crippen LogP contribution is 2.29. The van der Waals surface area contributed by atoms with Crippen LogP contribution in [0, 0.1) is 0 Å². The van der Waals surface area contributed by atoms with Crippen molar-refractivity contribution in [3.8, 4) is 5.69 Å². The van der Waals surface area contributed by atoms with Crippen molar-refractivity contribution < 1.29 is 26.3 Å². The van der Waals surface area contributed by atoms with Crippen LogP contribution in [0.2, 0.25) is 0 Å². The Morgan fingerprint density at radius 2 is 1.65 bits per heavy atom. The molecule has 0 amide bonds. The topological polar surface area (TPSA) is 72.7 Å². The van der Waals surface area contributed by atoms with Gasteiger partial charge in [-0.05, 0) is 18.2 Å². The minimum atomic E-state index is -4.92. The highest BCUT2D eigenvalue weighted by molar-refractivity contribution is 5.77. The van der Waals surface area contributed by atoms with E-state index in [-0.39, 0.29) is 27.4 Å². The first-order valence-corrected chi connectivity index (χ1v) is 6.87. The highest BCUT2D eigenvalue weighted by Gasteiger charge is 2.36. The highest BCUT2D eigenvalue weighted by atomic mass is 19.4. The number of hydrogen-bond donors (Lipinski definition) is 1. The zero-order valence-corrected chi connectivity index (χ0v) is 12.7. The van der Waals surface area contributed by atoms with Crippen molar-refractivity contribution in [2.45, 2.75) is 12.4 Å². The van der Waals surface area contributed by atoms with Crippen molar-refractivity contribution in [2.75, 3.05) is 0 Å². The zero-order chi connectivity index (χ0) is 19.4. The number of alkyl halides is 6. The van der Waals surface area contributed by atoms with Gasteiger partial charge in [0.2, 0.25) is 5.82 Å². The van der Waals surface area contributed by atoms with E-state index in [9.17, 15) is 35.9 Å². The van der Waals surface area contributed by atoms with Gasteiger partial charge in [-0.2, -0.15) is 26.3 Å². The second-order valence-corrected chi connectivity index (χ2v) is 5.33. The Bertz CT molecular complexity index is 1120. The molecule has 0 saturated carbocycles. The van der Waals surface area contributed by atoms with Gasteiger partial charge in [0.25, 0.3) is 5.56 Å². The maximum absolute atomic E-state index is 12.8. The lowest BCUT2D eigenvalue weighted by molar-refractivity contribution is -0.144. The molecule has 0 aliphatic carbocycles. The summed E-state index contributed by atoms with van der Waals surface area (Å²) < 4.78 is 77.2. The average molecular weight is 378 g/mol. The number of imidazole rings is 1. The first-order chi connectivity index (χ1) is 11.9. The molecule has 26 heavy (non-hydrogen) atoms. The molecule has 0 unspecified atom stereocenters. The zero-order valence-electron chi connectivity index (χ0n) is 12.7. The smallest absolute Gasteiger partial charge is 0.334 e. The molecule has 0 spiro atoms. The summed E-state index contributed by atoms with van der Waals surface area (Å²) in [4.78, 5) is 29.5. The summed E-state index contributed by atoms with van der Waals surface area (Å²) in [5.41, 5.74) is -4.44. The van der Waals surface area contributed by atoms with Gasteiger partial charge in [0, 0.05) is 13.1 Å². The van der Waals surface area contributed by atoms with Crippen molar-refractivity contribution in [1.82, 2.24) is 19.1 Å². The second-order valence-electron chi connectivity index (χ2n) is 5.33. The van der Waals surface area contributed by atoms with Crippen LogP contribution in [0.4, 0.5) is 26.3 Å². The summed E-state index contributed by atoms with van der Waals surface area (Å²) in [5, 5.41) is 0. The largest absolute Gasteiger partial charge is 0.449 e. The van der Waals surface area contributed by atoms with Crippen LogP contribution >= 0.6 is 0 Å². The number of nitrogens with zero attached hydrogens (tertiary/aromatic N) is 3. The van der Waals surface area contributed by atoms with Crippen molar-refractivity contribution in [3.63, 3.8) is 0 Å². The number of benzene rings is 1. The fraction of sp³-hybridized carbons (Fsp3) is 0.214. The van der Waals surface area contributed by atoms with E-state index in [0.717, 1.165) is 25.2 Å². The first kappa shape index (κ1) is 17.8. The second kappa shape index (κ2) is 5.47. The standard InChI is InChI=1S/C14H8F6N4O2/c1-23-9(13(15,16)17)5-10(25)24(12(23)26)6-2-3-7-8(4-6)22-11(21-7)14(18,19)20/h2-5H,1H3,(H,21,22). The molecule has 0 bridgehead atoms. The van der Waals surface area contributed by atoms with E-state index in [2.05, 4.69) is 4.98 Å². The van der Waals surface area contributed by atoms with E-state index in [1.54, 1.807) is 0 Å². The van der Waals surface area contributed by atoms with Crippen molar-refractivity contribution in [2.24, 2.45) is 7.05 Å². The Balaban J connectivity index is 2.23. The van der Waals surface area contributed by atoms with Gasteiger partial charge in [-0.25, -0.2) is 14.3 Å². The van der Waals surface area contributed by atoms with Gasteiger partial charge in [-0.15, -0.1) is 0 Å². The number of rotatable bonds is 1. The number of nitrogens with one attached hydrogen (secondary N) is 1. The normalized spacial score (nSPS) is 12.7. The first-order valence-electron chi connectivity index (χ1n) is 6.87. The summed E-state index contributed by atoms with van der Waals surface area (Å²) >= 11 is 0. The van der Waals surface area contributed by atoms with Crippen LogP contribution in [0.15, 0.2) is 33.9 Å². The van der Waals surface area contributed by atoms with Crippen molar-refractivity contribution >= 4 is 11.0 Å². The third-order valence-electron chi connectivity index (χ3n) is 3.60. The molecule has 0 atom stereocenters. The van der Waals surface area contributed by atoms with Gasteiger partial charge >= 0.3 is 18.0 Å². The molecule has 3 rings (SSSR count). The number of halogens is 6. The molecular weight excluding hydrogens is 370 g/mol. The van der Waals surface area contributed by atoms with Crippen LogP contribution in [-0.2, 0) is 19.4 Å². The minimum absolute atomic E-state index is 0.0159. The SMILES string of the molecule is Cn1c(C(F)(F)F)cc(=O)n(-c2ccc3[nH]c(C(F)(F)F)nc3c2)c1=O. The number of aromatic amines is 1. The van der Waals surface area contributed by atoms with Crippen LogP contribution in [0.5, 0.6) is 0 Å². The molecular formula is C14H8F6N4O2. The van der Waals surface area contributed by atoms with Gasteiger partial charge in [-0.3, -0.25) is 9.36 Å². The fourth-order valence-corrected chi connectivity index (χ4v) is 2.40. The number of aromatic nitrogens is 4. The maximum atomic E-state index is 12.8. The molecule has 6 nitrogen and oxygen atoms in total. The molecule has 0 fully saturated rings. The third kappa shape index (κ3) is 2.86. The Kier molecular flexibility index (Phi) is 3.74. The van der Waals surface area contributed by atoms with E-state index in [0.29, 0.717) is 4.57 Å². The predicted octanol–water partition coefficient (Wildman–Crippen LogP) is 2.45. The predicted molar refractivity (Wildman–Crippen MR) is 76.9 cm³/mol. The number of fused-ring (bicyclic) bond motifs is 1. The lowest BCUT2D eigenvalue weighted by Gasteiger charge is -2.13. The Labute approximate surface area is 139 Å². The minimum Gasteiger partial charge on any atom is -0.334 e. The lowest BCUT2D eigenvalue weighted by atomic mass is 10.2. The Morgan fingerprint density at radius 1 is 1.00 bits per heavy atom. The summed E-state index contributed by atoms with van der Waals surface area (Å²) in [6.45, 7) is 0. The molecule has 1 aromatic carbocycles. The van der Waals surface area contributed by atoms with Crippen LogP contribution < -0.4 is 11.2 Å². The quantitative estimate of drug-likeness (QED) is 0.662. The van der Waals surface area contributed by atoms with Crippen molar-refractivity contribution in [3.05, 3.63) is 56.6 Å². The van der Waals surface area contributed by atoms with E-state index >= 15 is 0 Å². The lowest BCUT2D eigenvalue weighted by Crippen LogP contribution is -2.40. The molecule has 2 heterocycles. The summed E-state index contributed by atoms with van der Waals surface area (Å²) in [6, 6.07) is 3.49. The molecule has 12 heteroatoms. The molecule has 138 valence electrons. The molecule has 1 N–H and O–H groups in total. The van der Waals surface area contributed by atoms with Gasteiger partial charge in [-0.1, -0.05) is 0 Å². The fourth-order valence-electron chi connectivity index (χ4n) is 2.40. The third-order valence-corrected chi connectivity index (χ3v) is 3.60.